The molecule has 0 saturated heterocycles. The van der Waals surface area contributed by atoms with Crippen molar-refractivity contribution < 1.29 is 18.7 Å². The Morgan fingerprint density at radius 3 is 2.66 bits per heavy atom. The second kappa shape index (κ2) is 11.2. The molecule has 3 aromatic carbocycles. The van der Waals surface area contributed by atoms with Gasteiger partial charge in [0, 0.05) is 10.4 Å². The summed E-state index contributed by atoms with van der Waals surface area (Å²) in [6, 6.07) is 19.5. The second-order valence-corrected chi connectivity index (χ2v) is 9.90. The number of benzene rings is 3. The van der Waals surface area contributed by atoms with Gasteiger partial charge in [0.05, 0.1) is 11.8 Å². The Morgan fingerprint density at radius 2 is 1.84 bits per heavy atom. The van der Waals surface area contributed by atoms with Crippen molar-refractivity contribution in [1.82, 2.24) is 5.43 Å². The number of carbonyl (C=O) groups is 2. The lowest BCUT2D eigenvalue weighted by Gasteiger charge is -2.12. The van der Waals surface area contributed by atoms with Gasteiger partial charge in [-0.2, -0.15) is 10.4 Å². The number of thiophene rings is 1. The van der Waals surface area contributed by atoms with Gasteiger partial charge in [-0.1, -0.05) is 42.5 Å². The summed E-state index contributed by atoms with van der Waals surface area (Å²) in [4.78, 5) is 26.1. The van der Waals surface area contributed by atoms with Gasteiger partial charge in [0.2, 0.25) is 0 Å². The van der Waals surface area contributed by atoms with E-state index in [1.807, 2.05) is 30.3 Å². The number of fused-ring (bicyclic) bond motifs is 2. The normalized spacial score (nSPS) is 12.6. The molecule has 0 unspecified atom stereocenters. The largest absolute Gasteiger partial charge is 0.488 e. The maximum atomic E-state index is 13.2. The molecular weight excluding hydrogens is 503 g/mol. The van der Waals surface area contributed by atoms with E-state index in [9.17, 15) is 19.2 Å². The fourth-order valence-electron chi connectivity index (χ4n) is 4.41. The zero-order valence-corrected chi connectivity index (χ0v) is 21.1. The first-order chi connectivity index (χ1) is 18.5. The van der Waals surface area contributed by atoms with E-state index in [2.05, 4.69) is 21.9 Å². The number of amides is 2. The highest BCUT2D eigenvalue weighted by Crippen LogP contribution is 2.37. The Bertz CT molecular complexity index is 1590. The molecule has 4 aromatic rings. The van der Waals surface area contributed by atoms with Crippen LogP contribution in [0.2, 0.25) is 0 Å². The molecule has 5 rings (SSSR count). The SMILES string of the molecule is N#Cc1c(NC(=O)C(=O)NN=Cc2c(OCc3ccc(F)cc3)ccc3ccccc23)sc2c1CCCC2. The van der Waals surface area contributed by atoms with Crippen LogP contribution in [0.15, 0.2) is 65.8 Å². The molecule has 1 heterocycles. The predicted molar refractivity (Wildman–Crippen MR) is 145 cm³/mol. The van der Waals surface area contributed by atoms with Gasteiger partial charge in [-0.15, -0.1) is 11.3 Å². The molecule has 190 valence electrons. The molecule has 1 aromatic heterocycles. The molecule has 0 spiro atoms. The first-order valence-electron chi connectivity index (χ1n) is 12.1. The molecule has 0 fully saturated rings. The lowest BCUT2D eigenvalue weighted by Crippen LogP contribution is -2.32. The van der Waals surface area contributed by atoms with Crippen molar-refractivity contribution in [2.24, 2.45) is 5.10 Å². The summed E-state index contributed by atoms with van der Waals surface area (Å²) in [5, 5.41) is 18.3. The molecule has 1 aliphatic carbocycles. The third-order valence-electron chi connectivity index (χ3n) is 6.31. The van der Waals surface area contributed by atoms with Gasteiger partial charge in [0.1, 0.15) is 29.2 Å². The van der Waals surface area contributed by atoms with Crippen molar-refractivity contribution in [3.8, 4) is 11.8 Å². The molecule has 9 heteroatoms. The van der Waals surface area contributed by atoms with Crippen LogP contribution in [0.25, 0.3) is 10.8 Å². The molecular formula is C29H23FN4O3S. The molecule has 1 aliphatic rings. The summed E-state index contributed by atoms with van der Waals surface area (Å²) in [6.45, 7) is 0.209. The standard InChI is InChI=1S/C29H23FN4O3S/c30-20-12-9-18(10-13-20)17-37-25-14-11-19-5-1-2-6-21(19)24(25)16-32-34-28(36)27(35)33-29-23(15-31)22-7-3-4-8-26(22)38-29/h1-2,5-6,9-14,16H,3-4,7-8,17H2,(H,33,35)(H,34,36). The molecule has 0 radical (unpaired) electrons. The molecule has 0 bridgehead atoms. The molecule has 0 atom stereocenters. The first-order valence-corrected chi connectivity index (χ1v) is 12.9. The second-order valence-electron chi connectivity index (χ2n) is 8.79. The average Bonchev–Trinajstić information content (AvgIpc) is 3.29. The van der Waals surface area contributed by atoms with Gasteiger partial charge >= 0.3 is 11.8 Å². The number of carbonyl (C=O) groups excluding carboxylic acids is 2. The Kier molecular flexibility index (Phi) is 7.43. The number of nitrogens with zero attached hydrogens (tertiary/aromatic N) is 2. The molecule has 7 nitrogen and oxygen atoms in total. The van der Waals surface area contributed by atoms with Crippen molar-refractivity contribution in [1.29, 1.82) is 5.26 Å². The third-order valence-corrected chi connectivity index (χ3v) is 7.52. The maximum absolute atomic E-state index is 13.2. The monoisotopic (exact) mass is 526 g/mol. The van der Waals surface area contributed by atoms with E-state index in [0.29, 0.717) is 21.9 Å². The lowest BCUT2D eigenvalue weighted by atomic mass is 9.96. The summed E-state index contributed by atoms with van der Waals surface area (Å²) in [5.41, 5.74) is 5.08. The highest BCUT2D eigenvalue weighted by Gasteiger charge is 2.23. The zero-order valence-electron chi connectivity index (χ0n) is 20.3. The van der Waals surface area contributed by atoms with Crippen LogP contribution >= 0.6 is 11.3 Å². The highest BCUT2D eigenvalue weighted by molar-refractivity contribution is 7.16. The lowest BCUT2D eigenvalue weighted by molar-refractivity contribution is -0.136. The number of hydrogen-bond acceptors (Lipinski definition) is 6. The van der Waals surface area contributed by atoms with Crippen LogP contribution in [0.5, 0.6) is 5.75 Å². The molecule has 2 amide bonds. The van der Waals surface area contributed by atoms with E-state index in [1.165, 1.54) is 29.7 Å². The minimum Gasteiger partial charge on any atom is -0.488 e. The number of halogens is 1. The maximum Gasteiger partial charge on any atom is 0.329 e. The Balaban J connectivity index is 1.31. The minimum atomic E-state index is -0.953. The van der Waals surface area contributed by atoms with Crippen LogP contribution in [0.4, 0.5) is 9.39 Å². The van der Waals surface area contributed by atoms with Crippen LogP contribution in [-0.2, 0) is 29.0 Å². The molecule has 0 aliphatic heterocycles. The number of nitrogens with one attached hydrogen (secondary N) is 2. The fourth-order valence-corrected chi connectivity index (χ4v) is 5.65. The van der Waals surface area contributed by atoms with Gasteiger partial charge in [0.15, 0.2) is 0 Å². The first kappa shape index (κ1) is 25.1. The van der Waals surface area contributed by atoms with Crippen LogP contribution in [0, 0.1) is 17.1 Å². The highest BCUT2D eigenvalue weighted by atomic mass is 32.1. The van der Waals surface area contributed by atoms with Gasteiger partial charge in [-0.25, -0.2) is 9.82 Å². The Hall–Kier alpha value is -4.55. The van der Waals surface area contributed by atoms with Gasteiger partial charge in [0.25, 0.3) is 0 Å². The number of ether oxygens (including phenoxy) is 1. The van der Waals surface area contributed by atoms with Crippen LogP contribution in [0.3, 0.4) is 0 Å². The van der Waals surface area contributed by atoms with E-state index in [-0.39, 0.29) is 12.4 Å². The van der Waals surface area contributed by atoms with E-state index in [4.69, 9.17) is 4.74 Å². The number of aryl methyl sites for hydroxylation is 1. The van der Waals surface area contributed by atoms with Gasteiger partial charge in [-0.3, -0.25) is 9.59 Å². The van der Waals surface area contributed by atoms with Gasteiger partial charge in [-0.05, 0) is 65.8 Å². The average molecular weight is 527 g/mol. The third kappa shape index (κ3) is 5.41. The molecule has 38 heavy (non-hydrogen) atoms. The van der Waals surface area contributed by atoms with Crippen molar-refractivity contribution in [3.63, 3.8) is 0 Å². The molecule has 2 N–H and O–H groups in total. The Morgan fingerprint density at radius 1 is 1.05 bits per heavy atom. The quantitative estimate of drug-likeness (QED) is 0.198. The van der Waals surface area contributed by atoms with Crippen molar-refractivity contribution >= 4 is 45.1 Å². The number of rotatable bonds is 6. The predicted octanol–water partition coefficient (Wildman–Crippen LogP) is 5.46. The number of hydrogen-bond donors (Lipinski definition) is 2. The topological polar surface area (TPSA) is 104 Å². The summed E-state index contributed by atoms with van der Waals surface area (Å²) in [6.07, 6.45) is 5.16. The van der Waals surface area contributed by atoms with E-state index >= 15 is 0 Å². The van der Waals surface area contributed by atoms with Gasteiger partial charge < -0.3 is 10.1 Å². The summed E-state index contributed by atoms with van der Waals surface area (Å²) in [5.74, 6) is -1.67. The van der Waals surface area contributed by atoms with Crippen LogP contribution < -0.4 is 15.5 Å². The number of hydrazone groups is 1. The van der Waals surface area contributed by atoms with E-state index in [0.717, 1.165) is 52.5 Å². The van der Waals surface area contributed by atoms with Crippen LogP contribution in [-0.4, -0.2) is 18.0 Å². The fraction of sp³-hybridized carbons (Fsp3) is 0.172. The Labute approximate surface area is 222 Å². The summed E-state index contributed by atoms with van der Waals surface area (Å²) >= 11 is 1.35. The van der Waals surface area contributed by atoms with Crippen LogP contribution in [0.1, 0.15) is 40.0 Å². The van der Waals surface area contributed by atoms with Crippen molar-refractivity contribution in [2.75, 3.05) is 5.32 Å². The zero-order chi connectivity index (χ0) is 26.5. The molecule has 0 saturated carbocycles. The van der Waals surface area contributed by atoms with E-state index in [1.54, 1.807) is 18.2 Å². The van der Waals surface area contributed by atoms with Crippen molar-refractivity contribution in [2.45, 2.75) is 32.3 Å². The minimum absolute atomic E-state index is 0.209. The van der Waals surface area contributed by atoms with Crippen molar-refractivity contribution in [3.05, 3.63) is 93.6 Å². The van der Waals surface area contributed by atoms with E-state index < -0.39 is 11.8 Å². The summed E-state index contributed by atoms with van der Waals surface area (Å²) in [7, 11) is 0. The number of anilines is 1. The number of nitriles is 1. The summed E-state index contributed by atoms with van der Waals surface area (Å²) < 4.78 is 19.2. The smallest absolute Gasteiger partial charge is 0.329 e.